The average molecular weight is 393 g/mol. The van der Waals surface area contributed by atoms with E-state index in [4.69, 9.17) is 23.2 Å². The van der Waals surface area contributed by atoms with Crippen LogP contribution in [0.3, 0.4) is 0 Å². The van der Waals surface area contributed by atoms with Crippen LogP contribution in [0.1, 0.15) is 15.2 Å². The number of fused-ring (bicyclic) bond motifs is 1. The fourth-order valence-corrected chi connectivity index (χ4v) is 3.93. The zero-order valence-corrected chi connectivity index (χ0v) is 15.3. The highest BCUT2D eigenvalue weighted by Crippen LogP contribution is 2.34. The quantitative estimate of drug-likeness (QED) is 0.681. The van der Waals surface area contributed by atoms with Gasteiger partial charge in [0.15, 0.2) is 0 Å². The van der Waals surface area contributed by atoms with Crippen LogP contribution in [0.4, 0.5) is 0 Å². The van der Waals surface area contributed by atoms with E-state index < -0.39 is 0 Å². The molecule has 3 rings (SSSR count). The summed E-state index contributed by atoms with van der Waals surface area (Å²) in [4.78, 5) is 24.6. The summed E-state index contributed by atoms with van der Waals surface area (Å²) in [7, 11) is 0. The summed E-state index contributed by atoms with van der Waals surface area (Å²) < 4.78 is 0.931. The molecule has 3 aromatic rings. The fourth-order valence-electron chi connectivity index (χ4n) is 2.30. The summed E-state index contributed by atoms with van der Waals surface area (Å²) in [5.74, 6) is -0.662. The van der Waals surface area contributed by atoms with Gasteiger partial charge in [-0.05, 0) is 17.7 Å². The molecule has 0 atom stereocenters. The molecule has 7 heteroatoms. The van der Waals surface area contributed by atoms with Crippen LogP contribution in [0, 0.1) is 0 Å². The molecule has 2 amide bonds. The van der Waals surface area contributed by atoms with Crippen molar-refractivity contribution in [2.24, 2.45) is 0 Å². The first-order valence-electron chi connectivity index (χ1n) is 7.51. The van der Waals surface area contributed by atoms with E-state index in [2.05, 4.69) is 10.6 Å². The third-order valence-corrected chi connectivity index (χ3v) is 5.63. The van der Waals surface area contributed by atoms with Crippen LogP contribution in [0.25, 0.3) is 10.1 Å². The summed E-state index contributed by atoms with van der Waals surface area (Å²) in [6.45, 7) is 0.173. The van der Waals surface area contributed by atoms with Gasteiger partial charge in [-0.3, -0.25) is 9.59 Å². The van der Waals surface area contributed by atoms with Crippen LogP contribution in [-0.2, 0) is 11.3 Å². The van der Waals surface area contributed by atoms with Gasteiger partial charge in [-0.2, -0.15) is 0 Å². The highest BCUT2D eigenvalue weighted by atomic mass is 35.5. The Hall–Kier alpha value is -2.08. The Morgan fingerprint density at radius 3 is 2.44 bits per heavy atom. The summed E-state index contributed by atoms with van der Waals surface area (Å²) >= 11 is 13.6. The second-order valence-corrected chi connectivity index (χ2v) is 7.13. The Labute approximate surface area is 158 Å². The normalized spacial score (nSPS) is 10.6. The Kier molecular flexibility index (Phi) is 5.58. The maximum absolute atomic E-state index is 12.3. The van der Waals surface area contributed by atoms with Crippen molar-refractivity contribution in [2.45, 2.75) is 6.54 Å². The van der Waals surface area contributed by atoms with E-state index in [1.54, 1.807) is 6.07 Å². The highest BCUT2D eigenvalue weighted by molar-refractivity contribution is 7.21. The van der Waals surface area contributed by atoms with E-state index in [1.807, 2.05) is 42.5 Å². The van der Waals surface area contributed by atoms with Crippen LogP contribution in [0.5, 0.6) is 0 Å². The van der Waals surface area contributed by atoms with Gasteiger partial charge < -0.3 is 10.6 Å². The van der Waals surface area contributed by atoms with Gasteiger partial charge in [-0.25, -0.2) is 0 Å². The standard InChI is InChI=1S/C18H14Cl2N2O2S/c19-13-7-3-1-5-11(13)9-21-15(23)10-22-18(24)17-16(20)12-6-2-4-8-14(12)25-17/h1-8H,9-10H2,(H,21,23)(H,22,24). The Morgan fingerprint density at radius 2 is 1.68 bits per heavy atom. The number of amides is 2. The van der Waals surface area contributed by atoms with Crippen LogP contribution in [-0.4, -0.2) is 18.4 Å². The number of halogens is 2. The first-order chi connectivity index (χ1) is 12.1. The molecule has 0 fully saturated rings. The van der Waals surface area contributed by atoms with E-state index in [9.17, 15) is 9.59 Å². The van der Waals surface area contributed by atoms with Crippen LogP contribution in [0.2, 0.25) is 10.0 Å². The van der Waals surface area contributed by atoms with Crippen molar-refractivity contribution in [1.29, 1.82) is 0 Å². The molecule has 25 heavy (non-hydrogen) atoms. The Bertz CT molecular complexity index is 940. The molecule has 0 aliphatic rings. The SMILES string of the molecule is O=C(CNC(=O)c1sc2ccccc2c1Cl)NCc1ccccc1Cl. The summed E-state index contributed by atoms with van der Waals surface area (Å²) in [5.41, 5.74) is 0.816. The number of thiophene rings is 1. The van der Waals surface area contributed by atoms with Gasteiger partial charge in [0.2, 0.25) is 5.91 Å². The molecule has 0 bridgehead atoms. The highest BCUT2D eigenvalue weighted by Gasteiger charge is 2.17. The minimum Gasteiger partial charge on any atom is -0.350 e. The first-order valence-corrected chi connectivity index (χ1v) is 9.09. The molecule has 0 spiro atoms. The van der Waals surface area contributed by atoms with Crippen molar-refractivity contribution in [3.63, 3.8) is 0 Å². The lowest BCUT2D eigenvalue weighted by Gasteiger charge is -2.07. The molecule has 0 saturated carbocycles. The summed E-state index contributed by atoms with van der Waals surface area (Å²) in [6.07, 6.45) is 0. The molecule has 0 aliphatic heterocycles. The van der Waals surface area contributed by atoms with Crippen molar-refractivity contribution in [3.05, 3.63) is 69.0 Å². The summed E-state index contributed by atoms with van der Waals surface area (Å²) in [5, 5.41) is 7.15. The molecule has 2 N–H and O–H groups in total. The molecule has 128 valence electrons. The predicted octanol–water partition coefficient (Wildman–Crippen LogP) is 4.25. The van der Waals surface area contributed by atoms with Gasteiger partial charge in [0.1, 0.15) is 4.88 Å². The molecule has 1 heterocycles. The topological polar surface area (TPSA) is 58.2 Å². The van der Waals surface area contributed by atoms with E-state index in [0.717, 1.165) is 15.6 Å². The Morgan fingerprint density at radius 1 is 0.960 bits per heavy atom. The molecular weight excluding hydrogens is 379 g/mol. The monoisotopic (exact) mass is 392 g/mol. The number of benzene rings is 2. The average Bonchev–Trinajstić information content (AvgIpc) is 2.96. The van der Waals surface area contributed by atoms with Gasteiger partial charge in [0.05, 0.1) is 11.6 Å². The molecule has 1 aromatic heterocycles. The van der Waals surface area contributed by atoms with Crippen molar-refractivity contribution in [3.8, 4) is 0 Å². The number of carbonyl (C=O) groups is 2. The van der Waals surface area contributed by atoms with Crippen LogP contribution < -0.4 is 10.6 Å². The number of nitrogens with one attached hydrogen (secondary N) is 2. The van der Waals surface area contributed by atoms with Crippen molar-refractivity contribution in [1.82, 2.24) is 10.6 Å². The minimum atomic E-state index is -0.362. The molecule has 0 saturated heterocycles. The predicted molar refractivity (Wildman–Crippen MR) is 102 cm³/mol. The minimum absolute atomic E-state index is 0.131. The number of carbonyl (C=O) groups excluding carboxylic acids is 2. The van der Waals surface area contributed by atoms with Gasteiger partial charge in [0.25, 0.3) is 5.91 Å². The number of hydrogen-bond acceptors (Lipinski definition) is 3. The molecule has 0 aliphatic carbocycles. The molecule has 4 nitrogen and oxygen atoms in total. The third kappa shape index (κ3) is 4.12. The number of rotatable bonds is 5. The molecule has 2 aromatic carbocycles. The first kappa shape index (κ1) is 17.7. The zero-order chi connectivity index (χ0) is 17.8. The van der Waals surface area contributed by atoms with E-state index >= 15 is 0 Å². The molecular formula is C18H14Cl2N2O2S. The Balaban J connectivity index is 1.57. The van der Waals surface area contributed by atoms with Gasteiger partial charge in [0, 0.05) is 21.7 Å². The maximum Gasteiger partial charge on any atom is 0.263 e. The lowest BCUT2D eigenvalue weighted by Crippen LogP contribution is -2.36. The summed E-state index contributed by atoms with van der Waals surface area (Å²) in [6, 6.07) is 14.8. The lowest BCUT2D eigenvalue weighted by atomic mass is 10.2. The molecule has 0 unspecified atom stereocenters. The largest absolute Gasteiger partial charge is 0.350 e. The van der Waals surface area contributed by atoms with Crippen LogP contribution >= 0.6 is 34.5 Å². The maximum atomic E-state index is 12.3. The second kappa shape index (κ2) is 7.87. The van der Waals surface area contributed by atoms with Gasteiger partial charge in [-0.15, -0.1) is 11.3 Å². The number of hydrogen-bond donors (Lipinski definition) is 2. The fraction of sp³-hybridized carbons (Fsp3) is 0.111. The van der Waals surface area contributed by atoms with Crippen molar-refractivity contribution >= 4 is 56.4 Å². The van der Waals surface area contributed by atoms with Gasteiger partial charge >= 0.3 is 0 Å². The molecule has 0 radical (unpaired) electrons. The zero-order valence-electron chi connectivity index (χ0n) is 13.0. The van der Waals surface area contributed by atoms with Crippen molar-refractivity contribution < 1.29 is 9.59 Å². The lowest BCUT2D eigenvalue weighted by molar-refractivity contribution is -0.120. The van der Waals surface area contributed by atoms with E-state index in [-0.39, 0.29) is 18.4 Å². The van der Waals surface area contributed by atoms with Crippen LogP contribution in [0.15, 0.2) is 48.5 Å². The van der Waals surface area contributed by atoms with Crippen molar-refractivity contribution in [2.75, 3.05) is 6.54 Å². The van der Waals surface area contributed by atoms with E-state index in [1.165, 1.54) is 11.3 Å². The third-order valence-electron chi connectivity index (χ3n) is 3.58. The smallest absolute Gasteiger partial charge is 0.263 e. The second-order valence-electron chi connectivity index (χ2n) is 5.29. The van der Waals surface area contributed by atoms with E-state index in [0.29, 0.717) is 21.5 Å². The van der Waals surface area contributed by atoms with Gasteiger partial charge in [-0.1, -0.05) is 59.6 Å².